The van der Waals surface area contributed by atoms with Gasteiger partial charge in [0.25, 0.3) is 0 Å². The fourth-order valence-corrected chi connectivity index (χ4v) is 2.86. The van der Waals surface area contributed by atoms with Crippen molar-refractivity contribution in [2.75, 3.05) is 11.5 Å². The van der Waals surface area contributed by atoms with E-state index >= 15 is 0 Å². The Kier molecular flexibility index (Phi) is 8.33. The molecule has 0 aliphatic rings. The van der Waals surface area contributed by atoms with Gasteiger partial charge in [-0.2, -0.15) is 12.6 Å². The summed E-state index contributed by atoms with van der Waals surface area (Å²) in [4.78, 5) is 11.1. The van der Waals surface area contributed by atoms with Crippen molar-refractivity contribution in [2.45, 2.75) is 50.1 Å². The Morgan fingerprint density at radius 3 is 2.33 bits per heavy atom. The zero-order chi connectivity index (χ0) is 13.2. The molecule has 1 N–H and O–H groups in total. The van der Waals surface area contributed by atoms with E-state index in [9.17, 15) is 4.79 Å². The fraction of sp³-hybridized carbons (Fsp3) is 0.833. The fourth-order valence-electron chi connectivity index (χ4n) is 1.72. The maximum atomic E-state index is 11.1. The molecule has 0 amide bonds. The third-order valence-electron chi connectivity index (χ3n) is 2.87. The molecule has 1 heterocycles. The maximum absolute atomic E-state index is 11.1. The van der Waals surface area contributed by atoms with Crippen LogP contribution in [0.4, 0.5) is 0 Å². The number of nitrogens with one attached hydrogen (secondary N) is 1. The third-order valence-corrected chi connectivity index (χ3v) is 4.30. The third kappa shape index (κ3) is 6.00. The Morgan fingerprint density at radius 1 is 1.17 bits per heavy atom. The minimum absolute atomic E-state index is 0.137. The van der Waals surface area contributed by atoms with Crippen LogP contribution >= 0.6 is 24.4 Å². The van der Waals surface area contributed by atoms with E-state index < -0.39 is 0 Å². The molecule has 1 aromatic rings. The number of thiol groups is 1. The summed E-state index contributed by atoms with van der Waals surface area (Å²) >= 11 is 5.85. The molecule has 1 aromatic heterocycles. The van der Waals surface area contributed by atoms with Crippen molar-refractivity contribution in [3.8, 4) is 0 Å². The Hall–Kier alpha value is -0.360. The second-order valence-corrected chi connectivity index (χ2v) is 5.93. The van der Waals surface area contributed by atoms with Gasteiger partial charge in [-0.05, 0) is 18.6 Å². The zero-order valence-electron chi connectivity index (χ0n) is 11.0. The van der Waals surface area contributed by atoms with E-state index in [1.165, 1.54) is 44.9 Å². The first-order chi connectivity index (χ1) is 8.75. The average Bonchev–Trinajstić information content (AvgIpc) is 2.68. The standard InChI is InChI=1S/C12H23N3OS2/c1-15-11(16)13-14-12(15)18-10-8-6-4-2-3-5-7-9-17/h17H,2-10H2,1H3,(H,13,16). The molecular weight excluding hydrogens is 266 g/mol. The van der Waals surface area contributed by atoms with Gasteiger partial charge in [0.05, 0.1) is 0 Å². The van der Waals surface area contributed by atoms with Crippen LogP contribution in [0.2, 0.25) is 0 Å². The van der Waals surface area contributed by atoms with Gasteiger partial charge in [-0.1, -0.05) is 43.9 Å². The van der Waals surface area contributed by atoms with Crippen LogP contribution in [0, 0.1) is 0 Å². The summed E-state index contributed by atoms with van der Waals surface area (Å²) in [6.45, 7) is 0. The summed E-state index contributed by atoms with van der Waals surface area (Å²) in [7, 11) is 1.75. The normalized spacial score (nSPS) is 11.0. The van der Waals surface area contributed by atoms with Crippen LogP contribution in [0.25, 0.3) is 0 Å². The van der Waals surface area contributed by atoms with Gasteiger partial charge < -0.3 is 0 Å². The van der Waals surface area contributed by atoms with E-state index in [-0.39, 0.29) is 5.69 Å². The number of H-pyrrole nitrogens is 1. The molecule has 0 atom stereocenters. The molecule has 0 bridgehead atoms. The molecule has 0 saturated heterocycles. The molecule has 0 aliphatic carbocycles. The first-order valence-corrected chi connectivity index (χ1v) is 8.22. The SMILES string of the molecule is Cn1c(SCCCCCCCCCS)n[nH]c1=O. The van der Waals surface area contributed by atoms with Crippen molar-refractivity contribution in [1.29, 1.82) is 0 Å². The number of unbranched alkanes of at least 4 members (excludes halogenated alkanes) is 6. The lowest BCUT2D eigenvalue weighted by Gasteiger charge is -2.01. The van der Waals surface area contributed by atoms with Gasteiger partial charge in [0.2, 0.25) is 0 Å². The zero-order valence-corrected chi connectivity index (χ0v) is 12.7. The van der Waals surface area contributed by atoms with Crippen LogP contribution in [0.1, 0.15) is 44.9 Å². The second-order valence-electron chi connectivity index (χ2n) is 4.42. The number of nitrogens with zero attached hydrogens (tertiary/aromatic N) is 2. The first kappa shape index (κ1) is 15.7. The topological polar surface area (TPSA) is 50.7 Å². The van der Waals surface area contributed by atoms with Crippen LogP contribution in [0.3, 0.4) is 0 Å². The second kappa shape index (κ2) is 9.55. The minimum atomic E-state index is -0.137. The van der Waals surface area contributed by atoms with Gasteiger partial charge >= 0.3 is 5.69 Å². The van der Waals surface area contributed by atoms with E-state index in [1.54, 1.807) is 23.4 Å². The van der Waals surface area contributed by atoms with E-state index in [4.69, 9.17) is 0 Å². The van der Waals surface area contributed by atoms with Crippen molar-refractivity contribution in [3.05, 3.63) is 10.5 Å². The lowest BCUT2D eigenvalue weighted by molar-refractivity contribution is 0.605. The number of hydrogen-bond acceptors (Lipinski definition) is 4. The number of aromatic nitrogens is 3. The Labute approximate surface area is 118 Å². The van der Waals surface area contributed by atoms with Crippen LogP contribution < -0.4 is 5.69 Å². The molecule has 4 nitrogen and oxygen atoms in total. The summed E-state index contributed by atoms with van der Waals surface area (Å²) in [5.41, 5.74) is -0.137. The molecule has 6 heteroatoms. The number of rotatable bonds is 10. The Morgan fingerprint density at radius 2 is 1.78 bits per heavy atom. The smallest absolute Gasteiger partial charge is 0.273 e. The van der Waals surface area contributed by atoms with Gasteiger partial charge in [0.15, 0.2) is 5.16 Å². The van der Waals surface area contributed by atoms with Crippen molar-refractivity contribution in [1.82, 2.24) is 14.8 Å². The van der Waals surface area contributed by atoms with E-state index in [0.717, 1.165) is 16.7 Å². The summed E-state index contributed by atoms with van der Waals surface area (Å²) in [6, 6.07) is 0. The highest BCUT2D eigenvalue weighted by molar-refractivity contribution is 7.99. The first-order valence-electron chi connectivity index (χ1n) is 6.60. The van der Waals surface area contributed by atoms with E-state index in [2.05, 4.69) is 22.8 Å². The molecule has 18 heavy (non-hydrogen) atoms. The molecule has 0 fully saturated rings. The van der Waals surface area contributed by atoms with E-state index in [1.807, 2.05) is 0 Å². The van der Waals surface area contributed by atoms with Crippen molar-refractivity contribution in [3.63, 3.8) is 0 Å². The molecule has 0 saturated carbocycles. The highest BCUT2D eigenvalue weighted by Gasteiger charge is 2.03. The van der Waals surface area contributed by atoms with Gasteiger partial charge in [-0.15, -0.1) is 5.10 Å². The molecule has 0 unspecified atom stereocenters. The highest BCUT2D eigenvalue weighted by atomic mass is 32.2. The van der Waals surface area contributed by atoms with Gasteiger partial charge in [-0.25, -0.2) is 9.89 Å². The number of aromatic amines is 1. The predicted octanol–water partition coefficient (Wildman–Crippen LogP) is 2.86. The molecule has 1 rings (SSSR count). The monoisotopic (exact) mass is 289 g/mol. The molecule has 0 spiro atoms. The minimum Gasteiger partial charge on any atom is -0.273 e. The summed E-state index contributed by atoms with van der Waals surface area (Å²) in [5, 5.41) is 7.20. The molecule has 0 aromatic carbocycles. The molecule has 104 valence electrons. The number of thioether (sulfide) groups is 1. The van der Waals surface area contributed by atoms with Crippen LogP contribution in [-0.4, -0.2) is 26.3 Å². The lowest BCUT2D eigenvalue weighted by atomic mass is 10.1. The quantitative estimate of drug-likeness (QED) is 0.395. The van der Waals surface area contributed by atoms with E-state index in [0.29, 0.717) is 0 Å². The highest BCUT2D eigenvalue weighted by Crippen LogP contribution is 2.15. The molecular formula is C12H23N3OS2. The summed E-state index contributed by atoms with van der Waals surface area (Å²) < 4.78 is 1.56. The van der Waals surface area contributed by atoms with Gasteiger partial charge in [0.1, 0.15) is 0 Å². The van der Waals surface area contributed by atoms with Crippen LogP contribution in [-0.2, 0) is 7.05 Å². The van der Waals surface area contributed by atoms with Crippen molar-refractivity contribution in [2.24, 2.45) is 7.05 Å². The Bertz CT molecular complexity index is 376. The van der Waals surface area contributed by atoms with Gasteiger partial charge in [0, 0.05) is 12.8 Å². The predicted molar refractivity (Wildman–Crippen MR) is 80.7 cm³/mol. The Balaban J connectivity index is 1.96. The summed E-state index contributed by atoms with van der Waals surface area (Å²) in [6.07, 6.45) is 9.00. The maximum Gasteiger partial charge on any atom is 0.343 e. The largest absolute Gasteiger partial charge is 0.343 e. The molecule has 0 aliphatic heterocycles. The van der Waals surface area contributed by atoms with Crippen molar-refractivity contribution < 1.29 is 0 Å². The molecule has 0 radical (unpaired) electrons. The summed E-state index contributed by atoms with van der Waals surface area (Å²) in [5.74, 6) is 2.05. The van der Waals surface area contributed by atoms with Crippen LogP contribution in [0.5, 0.6) is 0 Å². The number of hydrogen-bond donors (Lipinski definition) is 2. The average molecular weight is 289 g/mol. The van der Waals surface area contributed by atoms with Crippen LogP contribution in [0.15, 0.2) is 9.95 Å². The lowest BCUT2D eigenvalue weighted by Crippen LogP contribution is -2.12. The van der Waals surface area contributed by atoms with Gasteiger partial charge in [-0.3, -0.25) is 4.57 Å². The van der Waals surface area contributed by atoms with Crippen molar-refractivity contribution >= 4 is 24.4 Å².